The lowest BCUT2D eigenvalue weighted by atomic mass is 10.2. The van der Waals surface area contributed by atoms with Gasteiger partial charge in [0.1, 0.15) is 12.2 Å². The molecule has 0 radical (unpaired) electrons. The van der Waals surface area contributed by atoms with Gasteiger partial charge in [0, 0.05) is 4.88 Å². The summed E-state index contributed by atoms with van der Waals surface area (Å²) in [7, 11) is 5.80. The lowest BCUT2D eigenvalue weighted by molar-refractivity contribution is -0.116. The molecule has 0 saturated heterocycles. The van der Waals surface area contributed by atoms with Crippen molar-refractivity contribution in [2.75, 3.05) is 33.8 Å². The van der Waals surface area contributed by atoms with Crippen LogP contribution < -0.4 is 19.5 Å². The zero-order valence-electron chi connectivity index (χ0n) is 16.8. The largest absolute Gasteiger partial charge is 0.493 e. The highest BCUT2D eigenvalue weighted by Gasteiger charge is 2.21. The second-order valence-corrected chi connectivity index (χ2v) is 7.43. The van der Waals surface area contributed by atoms with Crippen LogP contribution >= 0.6 is 11.3 Å². The minimum absolute atomic E-state index is 0.0679. The molecule has 1 N–H and O–H groups in total. The van der Waals surface area contributed by atoms with Gasteiger partial charge in [0.2, 0.25) is 11.7 Å². The summed E-state index contributed by atoms with van der Waals surface area (Å²) in [6.45, 7) is 1.91. The number of nitrogens with one attached hydrogen (secondary N) is 1. The molecule has 0 unspecified atom stereocenters. The highest BCUT2D eigenvalue weighted by molar-refractivity contribution is 7.19. The Morgan fingerprint density at radius 2 is 1.76 bits per heavy atom. The second-order valence-electron chi connectivity index (χ2n) is 6.14. The molecular weight excluding hydrogens is 396 g/mol. The van der Waals surface area contributed by atoms with Gasteiger partial charge >= 0.3 is 5.97 Å². The number of anilines is 1. The molecule has 2 aromatic heterocycles. The van der Waals surface area contributed by atoms with Gasteiger partial charge in [-0.25, -0.2) is 4.79 Å². The standard InChI is InChI=1S/C20H22N2O6S/c1-11-8-13-16(29-11)9-14(20(24)28-5)22(13)10-17(23)21-12-6-7-15(25-2)19(27-4)18(12)26-3/h6-9H,10H2,1-5H3,(H,21,23). The fourth-order valence-electron chi connectivity index (χ4n) is 3.14. The number of aryl methyl sites for hydroxylation is 1. The van der Waals surface area contributed by atoms with Crippen LogP contribution in [0.25, 0.3) is 10.2 Å². The number of fused-ring (bicyclic) bond motifs is 1. The van der Waals surface area contributed by atoms with Crippen LogP contribution in [0.15, 0.2) is 24.3 Å². The predicted octanol–water partition coefficient (Wildman–Crippen LogP) is 3.46. The summed E-state index contributed by atoms with van der Waals surface area (Å²) in [5, 5.41) is 2.81. The maximum absolute atomic E-state index is 12.8. The Labute approximate surface area is 171 Å². The lowest BCUT2D eigenvalue weighted by Gasteiger charge is -2.16. The minimum Gasteiger partial charge on any atom is -0.493 e. The van der Waals surface area contributed by atoms with E-state index in [0.29, 0.717) is 28.6 Å². The summed E-state index contributed by atoms with van der Waals surface area (Å²) in [4.78, 5) is 26.1. The van der Waals surface area contributed by atoms with Crippen LogP contribution in [0.4, 0.5) is 5.69 Å². The molecule has 2 heterocycles. The zero-order valence-corrected chi connectivity index (χ0v) is 17.6. The van der Waals surface area contributed by atoms with Crippen molar-refractivity contribution in [2.24, 2.45) is 0 Å². The van der Waals surface area contributed by atoms with Crippen molar-refractivity contribution < 1.29 is 28.5 Å². The number of rotatable bonds is 7. The van der Waals surface area contributed by atoms with Gasteiger partial charge in [-0.15, -0.1) is 11.3 Å². The van der Waals surface area contributed by atoms with E-state index in [1.807, 2.05) is 13.0 Å². The number of thiophene rings is 1. The maximum Gasteiger partial charge on any atom is 0.354 e. The topological polar surface area (TPSA) is 88.0 Å². The van der Waals surface area contributed by atoms with E-state index in [1.54, 1.807) is 34.1 Å². The van der Waals surface area contributed by atoms with E-state index in [0.717, 1.165) is 15.1 Å². The van der Waals surface area contributed by atoms with Gasteiger partial charge in [0.05, 0.1) is 44.3 Å². The van der Waals surface area contributed by atoms with Crippen molar-refractivity contribution >= 4 is 39.1 Å². The van der Waals surface area contributed by atoms with Crippen LogP contribution in [-0.2, 0) is 16.1 Å². The Hall–Kier alpha value is -3.20. The van der Waals surface area contributed by atoms with Gasteiger partial charge in [-0.2, -0.15) is 0 Å². The number of esters is 1. The predicted molar refractivity (Wildman–Crippen MR) is 111 cm³/mol. The molecule has 1 amide bonds. The SMILES string of the molecule is COC(=O)c1cc2sc(C)cc2n1CC(=O)Nc1ccc(OC)c(OC)c1OC. The van der Waals surface area contributed by atoms with E-state index >= 15 is 0 Å². The average molecular weight is 418 g/mol. The molecule has 3 aromatic rings. The molecule has 8 nitrogen and oxygen atoms in total. The van der Waals surface area contributed by atoms with Crippen molar-refractivity contribution in [3.8, 4) is 17.2 Å². The van der Waals surface area contributed by atoms with Gasteiger partial charge in [-0.3, -0.25) is 4.79 Å². The van der Waals surface area contributed by atoms with Crippen LogP contribution in [0.1, 0.15) is 15.4 Å². The number of methoxy groups -OCH3 is 4. The summed E-state index contributed by atoms with van der Waals surface area (Å²) in [6.07, 6.45) is 0. The van der Waals surface area contributed by atoms with E-state index in [2.05, 4.69) is 5.32 Å². The van der Waals surface area contributed by atoms with E-state index < -0.39 is 5.97 Å². The Bertz CT molecular complexity index is 1070. The van der Waals surface area contributed by atoms with Crippen LogP contribution in [0.3, 0.4) is 0 Å². The van der Waals surface area contributed by atoms with Crippen LogP contribution in [0.2, 0.25) is 0 Å². The molecule has 0 aliphatic carbocycles. The van der Waals surface area contributed by atoms with Crippen molar-refractivity contribution in [3.05, 3.63) is 34.8 Å². The number of nitrogens with zero attached hydrogens (tertiary/aromatic N) is 1. The number of hydrogen-bond acceptors (Lipinski definition) is 7. The average Bonchev–Trinajstić information content (AvgIpc) is 3.23. The third kappa shape index (κ3) is 3.86. The first kappa shape index (κ1) is 20.5. The van der Waals surface area contributed by atoms with Gasteiger partial charge in [0.25, 0.3) is 0 Å². The summed E-state index contributed by atoms with van der Waals surface area (Å²) in [5.74, 6) is 0.373. The zero-order chi connectivity index (χ0) is 21.1. The van der Waals surface area contributed by atoms with Gasteiger partial charge in [-0.1, -0.05) is 0 Å². The fourth-order valence-corrected chi connectivity index (χ4v) is 4.10. The Morgan fingerprint density at radius 3 is 2.38 bits per heavy atom. The molecule has 0 spiro atoms. The molecule has 154 valence electrons. The maximum atomic E-state index is 12.8. The van der Waals surface area contributed by atoms with Crippen molar-refractivity contribution in [1.82, 2.24) is 4.57 Å². The number of benzene rings is 1. The van der Waals surface area contributed by atoms with E-state index in [9.17, 15) is 9.59 Å². The third-order valence-electron chi connectivity index (χ3n) is 4.39. The first-order valence-corrected chi connectivity index (χ1v) is 9.51. The summed E-state index contributed by atoms with van der Waals surface area (Å²) >= 11 is 1.55. The molecule has 29 heavy (non-hydrogen) atoms. The van der Waals surface area contributed by atoms with Crippen molar-refractivity contribution in [3.63, 3.8) is 0 Å². The van der Waals surface area contributed by atoms with E-state index in [1.165, 1.54) is 28.4 Å². The molecule has 9 heteroatoms. The summed E-state index contributed by atoms with van der Waals surface area (Å²) in [6, 6.07) is 7.02. The van der Waals surface area contributed by atoms with E-state index in [4.69, 9.17) is 18.9 Å². The number of aromatic nitrogens is 1. The van der Waals surface area contributed by atoms with E-state index in [-0.39, 0.29) is 12.5 Å². The monoisotopic (exact) mass is 418 g/mol. The van der Waals surface area contributed by atoms with Crippen molar-refractivity contribution in [1.29, 1.82) is 0 Å². The number of hydrogen-bond donors (Lipinski definition) is 1. The lowest BCUT2D eigenvalue weighted by Crippen LogP contribution is -2.22. The molecule has 0 atom stereocenters. The van der Waals surface area contributed by atoms with Crippen LogP contribution in [0, 0.1) is 6.92 Å². The molecule has 0 aliphatic rings. The van der Waals surface area contributed by atoms with Crippen LogP contribution in [0.5, 0.6) is 17.2 Å². The number of carbonyl (C=O) groups excluding carboxylic acids is 2. The number of amides is 1. The molecular formula is C20H22N2O6S. The molecule has 0 bridgehead atoms. The van der Waals surface area contributed by atoms with Gasteiger partial charge in [-0.05, 0) is 31.2 Å². The Morgan fingerprint density at radius 1 is 1.03 bits per heavy atom. The molecule has 3 rings (SSSR count). The van der Waals surface area contributed by atoms with Crippen LogP contribution in [-0.4, -0.2) is 44.9 Å². The smallest absolute Gasteiger partial charge is 0.354 e. The Balaban J connectivity index is 1.93. The normalized spacial score (nSPS) is 10.7. The summed E-state index contributed by atoms with van der Waals surface area (Å²) in [5.41, 5.74) is 1.56. The highest BCUT2D eigenvalue weighted by Crippen LogP contribution is 2.42. The quantitative estimate of drug-likeness (QED) is 0.591. The van der Waals surface area contributed by atoms with Gasteiger partial charge in [0.15, 0.2) is 11.5 Å². The Kier molecular flexibility index (Phi) is 5.97. The first-order chi connectivity index (χ1) is 13.9. The first-order valence-electron chi connectivity index (χ1n) is 8.70. The molecule has 0 saturated carbocycles. The highest BCUT2D eigenvalue weighted by atomic mass is 32.1. The molecule has 0 fully saturated rings. The van der Waals surface area contributed by atoms with Crippen molar-refractivity contribution in [2.45, 2.75) is 13.5 Å². The van der Waals surface area contributed by atoms with Gasteiger partial charge < -0.3 is 28.8 Å². The summed E-state index contributed by atoms with van der Waals surface area (Å²) < 4.78 is 23.4. The molecule has 1 aromatic carbocycles. The molecule has 0 aliphatic heterocycles. The second kappa shape index (κ2) is 8.44. The third-order valence-corrected chi connectivity index (χ3v) is 5.37. The fraction of sp³-hybridized carbons (Fsp3) is 0.300. The number of carbonyl (C=O) groups is 2. The minimum atomic E-state index is -0.498. The number of ether oxygens (including phenoxy) is 4.